The highest BCUT2D eigenvalue weighted by Crippen LogP contribution is 2.27. The predicted molar refractivity (Wildman–Crippen MR) is 81.8 cm³/mol. The average molecular weight is 383 g/mol. The fraction of sp³-hybridized carbons (Fsp3) is 0.500. The van der Waals surface area contributed by atoms with Crippen LogP contribution < -0.4 is 4.74 Å². The van der Waals surface area contributed by atoms with E-state index in [-0.39, 0.29) is 10.8 Å². The topological polar surface area (TPSA) is 126 Å². The van der Waals surface area contributed by atoms with E-state index >= 15 is 0 Å². The molecule has 1 unspecified atom stereocenters. The zero-order valence-electron chi connectivity index (χ0n) is 12.2. The van der Waals surface area contributed by atoms with E-state index in [1.54, 1.807) is 0 Å². The van der Waals surface area contributed by atoms with E-state index in [1.165, 1.54) is 18.2 Å². The standard InChI is InChI=1S/C14H16Cl2O8/c15-6-1-2-8(7(16)3-6)22-5-10(17)23-4-9-11(18)12(19)13(20)14(21)24-9/h1-3,9,11-14,18-21H,4-5H2/t9-,11-,12+,13-,14?/m1/s1. The second-order valence-corrected chi connectivity index (χ2v) is 5.93. The van der Waals surface area contributed by atoms with Crippen molar-refractivity contribution in [2.45, 2.75) is 30.7 Å². The molecule has 1 aliphatic rings. The van der Waals surface area contributed by atoms with Crippen molar-refractivity contribution >= 4 is 29.2 Å². The van der Waals surface area contributed by atoms with Crippen molar-refractivity contribution in [3.63, 3.8) is 0 Å². The summed E-state index contributed by atoms with van der Waals surface area (Å²) in [6, 6.07) is 4.47. The van der Waals surface area contributed by atoms with Crippen LogP contribution in [0.25, 0.3) is 0 Å². The van der Waals surface area contributed by atoms with Crippen LogP contribution in [0.15, 0.2) is 18.2 Å². The summed E-state index contributed by atoms with van der Waals surface area (Å²) >= 11 is 11.6. The minimum Gasteiger partial charge on any atom is -0.480 e. The van der Waals surface area contributed by atoms with E-state index in [1.807, 2.05) is 0 Å². The van der Waals surface area contributed by atoms with Crippen LogP contribution in [0.2, 0.25) is 10.0 Å². The lowest BCUT2D eigenvalue weighted by Gasteiger charge is -2.37. The number of carbonyl (C=O) groups is 1. The van der Waals surface area contributed by atoms with E-state index in [9.17, 15) is 25.2 Å². The maximum absolute atomic E-state index is 11.6. The molecule has 24 heavy (non-hydrogen) atoms. The Morgan fingerprint density at radius 2 is 1.83 bits per heavy atom. The Kier molecular flexibility index (Phi) is 6.64. The summed E-state index contributed by atoms with van der Waals surface area (Å²) in [5.41, 5.74) is 0. The van der Waals surface area contributed by atoms with Crippen LogP contribution in [0, 0.1) is 0 Å². The number of ether oxygens (including phenoxy) is 3. The number of halogens is 2. The van der Waals surface area contributed by atoms with Crippen LogP contribution in [0.5, 0.6) is 5.75 Å². The maximum atomic E-state index is 11.6. The minimum absolute atomic E-state index is 0.224. The molecule has 0 amide bonds. The number of hydrogen-bond donors (Lipinski definition) is 4. The zero-order valence-corrected chi connectivity index (χ0v) is 13.7. The van der Waals surface area contributed by atoms with Crippen molar-refractivity contribution in [3.05, 3.63) is 28.2 Å². The monoisotopic (exact) mass is 382 g/mol. The first-order chi connectivity index (χ1) is 11.3. The summed E-state index contributed by atoms with van der Waals surface area (Å²) in [4.78, 5) is 11.6. The third-order valence-corrected chi connectivity index (χ3v) is 3.87. The fourth-order valence-electron chi connectivity index (χ4n) is 2.01. The molecule has 0 radical (unpaired) electrons. The highest BCUT2D eigenvalue weighted by atomic mass is 35.5. The quantitative estimate of drug-likeness (QED) is 0.512. The van der Waals surface area contributed by atoms with Crippen LogP contribution in [-0.2, 0) is 14.3 Å². The van der Waals surface area contributed by atoms with Gasteiger partial charge in [0.1, 0.15) is 36.8 Å². The van der Waals surface area contributed by atoms with E-state index < -0.39 is 49.9 Å². The van der Waals surface area contributed by atoms with E-state index in [0.29, 0.717) is 5.02 Å². The SMILES string of the molecule is O=C(COc1ccc(Cl)cc1Cl)OC[C@H]1OC(O)[C@H](O)[C@@H](O)[C@@H]1O. The third kappa shape index (κ3) is 4.70. The second kappa shape index (κ2) is 8.30. The molecule has 1 aliphatic heterocycles. The molecule has 134 valence electrons. The summed E-state index contributed by atoms with van der Waals surface area (Å²) in [5, 5.41) is 38.6. The highest BCUT2D eigenvalue weighted by Gasteiger charge is 2.43. The Morgan fingerprint density at radius 3 is 2.50 bits per heavy atom. The summed E-state index contributed by atoms with van der Waals surface area (Å²) in [6.07, 6.45) is -7.69. The molecule has 1 fully saturated rings. The van der Waals surface area contributed by atoms with Gasteiger partial charge in [0, 0.05) is 5.02 Å². The third-order valence-electron chi connectivity index (χ3n) is 3.34. The van der Waals surface area contributed by atoms with Crippen LogP contribution in [0.1, 0.15) is 0 Å². The molecular formula is C14H16Cl2O8. The van der Waals surface area contributed by atoms with Gasteiger partial charge in [-0.2, -0.15) is 0 Å². The molecule has 0 aliphatic carbocycles. The molecule has 0 bridgehead atoms. The largest absolute Gasteiger partial charge is 0.480 e. The summed E-state index contributed by atoms with van der Waals surface area (Å²) in [6.45, 7) is -0.906. The molecule has 1 saturated heterocycles. The molecule has 1 aromatic rings. The molecule has 10 heteroatoms. The van der Waals surface area contributed by atoms with Gasteiger partial charge >= 0.3 is 5.97 Å². The van der Waals surface area contributed by atoms with Crippen molar-refractivity contribution in [1.29, 1.82) is 0 Å². The number of benzene rings is 1. The molecule has 1 heterocycles. The van der Waals surface area contributed by atoms with Crippen molar-refractivity contribution in [2.75, 3.05) is 13.2 Å². The Bertz CT molecular complexity index is 584. The van der Waals surface area contributed by atoms with Crippen LogP contribution >= 0.6 is 23.2 Å². The minimum atomic E-state index is -1.70. The highest BCUT2D eigenvalue weighted by molar-refractivity contribution is 6.35. The summed E-state index contributed by atoms with van der Waals surface area (Å²) < 4.78 is 14.9. The van der Waals surface area contributed by atoms with Gasteiger partial charge in [-0.25, -0.2) is 4.79 Å². The lowest BCUT2D eigenvalue weighted by atomic mass is 9.99. The Balaban J connectivity index is 1.80. The van der Waals surface area contributed by atoms with E-state index in [0.717, 1.165) is 0 Å². The smallest absolute Gasteiger partial charge is 0.344 e. The number of hydrogen-bond acceptors (Lipinski definition) is 8. The number of carbonyl (C=O) groups excluding carboxylic acids is 1. The summed E-state index contributed by atoms with van der Waals surface area (Å²) in [5.74, 6) is -0.548. The first kappa shape index (κ1) is 19.2. The van der Waals surface area contributed by atoms with E-state index in [4.69, 9.17) is 37.4 Å². The lowest BCUT2D eigenvalue weighted by molar-refractivity contribution is -0.287. The van der Waals surface area contributed by atoms with Gasteiger partial charge in [0.05, 0.1) is 5.02 Å². The normalized spacial score (nSPS) is 30.0. The van der Waals surface area contributed by atoms with Crippen LogP contribution in [0.4, 0.5) is 0 Å². The molecule has 5 atom stereocenters. The fourth-order valence-corrected chi connectivity index (χ4v) is 2.48. The number of aliphatic hydroxyl groups excluding tert-OH is 4. The van der Waals surface area contributed by atoms with Gasteiger partial charge in [0.15, 0.2) is 12.9 Å². The molecular weight excluding hydrogens is 367 g/mol. The first-order valence-corrected chi connectivity index (χ1v) is 7.66. The van der Waals surface area contributed by atoms with Gasteiger partial charge in [-0.15, -0.1) is 0 Å². The number of esters is 1. The molecule has 0 aromatic heterocycles. The van der Waals surface area contributed by atoms with Crippen molar-refractivity contribution in [1.82, 2.24) is 0 Å². The summed E-state index contributed by atoms with van der Waals surface area (Å²) in [7, 11) is 0. The Morgan fingerprint density at radius 1 is 1.12 bits per heavy atom. The lowest BCUT2D eigenvalue weighted by Crippen LogP contribution is -2.58. The Labute approximate surface area is 147 Å². The maximum Gasteiger partial charge on any atom is 0.344 e. The van der Waals surface area contributed by atoms with Crippen LogP contribution in [-0.4, -0.2) is 70.3 Å². The van der Waals surface area contributed by atoms with Gasteiger partial charge in [0.2, 0.25) is 0 Å². The van der Waals surface area contributed by atoms with Gasteiger partial charge in [-0.1, -0.05) is 23.2 Å². The Hall–Kier alpha value is -1.13. The number of rotatable bonds is 5. The van der Waals surface area contributed by atoms with Crippen molar-refractivity contribution in [2.24, 2.45) is 0 Å². The molecule has 0 saturated carbocycles. The molecule has 2 rings (SSSR count). The van der Waals surface area contributed by atoms with Gasteiger partial charge < -0.3 is 34.6 Å². The van der Waals surface area contributed by atoms with Crippen LogP contribution in [0.3, 0.4) is 0 Å². The second-order valence-electron chi connectivity index (χ2n) is 5.08. The van der Waals surface area contributed by atoms with E-state index in [2.05, 4.69) is 0 Å². The molecule has 4 N–H and O–H groups in total. The molecule has 8 nitrogen and oxygen atoms in total. The van der Waals surface area contributed by atoms with Gasteiger partial charge in [-0.05, 0) is 18.2 Å². The molecule has 1 aromatic carbocycles. The predicted octanol–water partition coefficient (Wildman–Crippen LogP) is -0.285. The first-order valence-electron chi connectivity index (χ1n) is 6.91. The van der Waals surface area contributed by atoms with Crippen molar-refractivity contribution in [3.8, 4) is 5.75 Å². The average Bonchev–Trinajstić information content (AvgIpc) is 2.54. The van der Waals surface area contributed by atoms with Gasteiger partial charge in [0.25, 0.3) is 0 Å². The zero-order chi connectivity index (χ0) is 17.9. The van der Waals surface area contributed by atoms with Crippen molar-refractivity contribution < 1.29 is 39.4 Å². The molecule has 0 spiro atoms. The number of aliphatic hydroxyl groups is 4. The van der Waals surface area contributed by atoms with Gasteiger partial charge in [-0.3, -0.25) is 0 Å².